The smallest absolute Gasteiger partial charge is 0.226 e. The SMILES string of the molecule is O=C(CCc1ccc(F)cc1)Nc1nnc(-c2ccc(Cl)cc2)s1. The maximum Gasteiger partial charge on any atom is 0.226 e. The van der Waals surface area contributed by atoms with E-state index < -0.39 is 0 Å². The molecule has 3 aromatic rings. The summed E-state index contributed by atoms with van der Waals surface area (Å²) in [6.07, 6.45) is 0.830. The van der Waals surface area contributed by atoms with Gasteiger partial charge in [-0.25, -0.2) is 4.39 Å². The second-order valence-electron chi connectivity index (χ2n) is 5.09. The van der Waals surface area contributed by atoms with Crippen molar-refractivity contribution in [2.45, 2.75) is 12.8 Å². The minimum atomic E-state index is -0.285. The third-order valence-corrected chi connectivity index (χ3v) is 4.46. The van der Waals surface area contributed by atoms with Crippen LogP contribution in [0.1, 0.15) is 12.0 Å². The number of aromatic nitrogens is 2. The number of hydrogen-bond donors (Lipinski definition) is 1. The van der Waals surface area contributed by atoms with Gasteiger partial charge in [-0.3, -0.25) is 4.79 Å². The van der Waals surface area contributed by atoms with Gasteiger partial charge < -0.3 is 5.32 Å². The standard InChI is InChI=1S/C17H13ClFN3OS/c18-13-6-4-12(5-7-13)16-21-22-17(24-16)20-15(23)10-3-11-1-8-14(19)9-2-11/h1-2,4-9H,3,10H2,(H,20,22,23). The number of hydrogen-bond acceptors (Lipinski definition) is 4. The van der Waals surface area contributed by atoms with E-state index in [9.17, 15) is 9.18 Å². The second-order valence-corrected chi connectivity index (χ2v) is 6.51. The number of amides is 1. The Morgan fingerprint density at radius 3 is 2.50 bits per heavy atom. The van der Waals surface area contributed by atoms with Crippen LogP contribution >= 0.6 is 22.9 Å². The van der Waals surface area contributed by atoms with Gasteiger partial charge in [0.15, 0.2) is 0 Å². The van der Waals surface area contributed by atoms with E-state index in [4.69, 9.17) is 11.6 Å². The number of halogens is 2. The average Bonchev–Trinajstić information content (AvgIpc) is 3.03. The van der Waals surface area contributed by atoms with Crippen molar-refractivity contribution in [1.29, 1.82) is 0 Å². The summed E-state index contributed by atoms with van der Waals surface area (Å²) < 4.78 is 12.8. The molecule has 0 radical (unpaired) electrons. The van der Waals surface area contributed by atoms with Crippen LogP contribution in [0.2, 0.25) is 5.02 Å². The van der Waals surface area contributed by atoms with E-state index in [2.05, 4.69) is 15.5 Å². The third kappa shape index (κ3) is 4.37. The van der Waals surface area contributed by atoms with Crippen molar-refractivity contribution in [1.82, 2.24) is 10.2 Å². The van der Waals surface area contributed by atoms with Crippen molar-refractivity contribution in [3.8, 4) is 10.6 Å². The lowest BCUT2D eigenvalue weighted by molar-refractivity contribution is -0.116. The lowest BCUT2D eigenvalue weighted by Gasteiger charge is -2.01. The van der Waals surface area contributed by atoms with E-state index in [0.29, 0.717) is 28.0 Å². The number of aryl methyl sites for hydroxylation is 1. The Kier molecular flexibility index (Phi) is 5.17. The summed E-state index contributed by atoms with van der Waals surface area (Å²) in [4.78, 5) is 12.0. The van der Waals surface area contributed by atoms with Crippen LogP contribution in [0.3, 0.4) is 0 Å². The fourth-order valence-corrected chi connectivity index (χ4v) is 2.96. The predicted molar refractivity (Wildman–Crippen MR) is 93.7 cm³/mol. The van der Waals surface area contributed by atoms with Crippen molar-refractivity contribution in [3.63, 3.8) is 0 Å². The Hall–Kier alpha value is -2.31. The Balaban J connectivity index is 1.57. The van der Waals surface area contributed by atoms with Gasteiger partial charge in [-0.15, -0.1) is 10.2 Å². The number of benzene rings is 2. The summed E-state index contributed by atoms with van der Waals surface area (Å²) in [6.45, 7) is 0. The number of nitrogens with zero attached hydrogens (tertiary/aromatic N) is 2. The first kappa shape index (κ1) is 16.5. The van der Waals surface area contributed by atoms with Gasteiger partial charge in [0, 0.05) is 17.0 Å². The molecule has 0 fully saturated rings. The molecule has 1 heterocycles. The molecule has 4 nitrogen and oxygen atoms in total. The van der Waals surface area contributed by atoms with Crippen LogP contribution in [-0.4, -0.2) is 16.1 Å². The summed E-state index contributed by atoms with van der Waals surface area (Å²) in [5.41, 5.74) is 1.80. The van der Waals surface area contributed by atoms with E-state index in [1.54, 1.807) is 24.3 Å². The molecule has 1 N–H and O–H groups in total. The number of anilines is 1. The first-order chi connectivity index (χ1) is 11.6. The molecule has 0 unspecified atom stereocenters. The quantitative estimate of drug-likeness (QED) is 0.724. The average molecular weight is 362 g/mol. The van der Waals surface area contributed by atoms with Crippen molar-refractivity contribution in [3.05, 3.63) is 64.9 Å². The summed E-state index contributed by atoms with van der Waals surface area (Å²) in [7, 11) is 0. The maximum atomic E-state index is 12.8. The monoisotopic (exact) mass is 361 g/mol. The zero-order valence-corrected chi connectivity index (χ0v) is 14.1. The van der Waals surface area contributed by atoms with Gasteiger partial charge in [0.2, 0.25) is 11.0 Å². The molecular weight excluding hydrogens is 349 g/mol. The third-order valence-electron chi connectivity index (χ3n) is 3.32. The molecule has 0 aliphatic carbocycles. The van der Waals surface area contributed by atoms with Crippen molar-refractivity contribution >= 4 is 34.0 Å². The Bertz CT molecular complexity index is 834. The second kappa shape index (κ2) is 7.51. The summed E-state index contributed by atoms with van der Waals surface area (Å²) in [5.74, 6) is -0.440. The largest absolute Gasteiger partial charge is 0.301 e. The molecule has 7 heteroatoms. The van der Waals surface area contributed by atoms with Gasteiger partial charge in [0.1, 0.15) is 10.8 Å². The summed E-state index contributed by atoms with van der Waals surface area (Å²) in [5, 5.41) is 12.6. The lowest BCUT2D eigenvalue weighted by atomic mass is 10.1. The van der Waals surface area contributed by atoms with Gasteiger partial charge in [0.25, 0.3) is 0 Å². The minimum Gasteiger partial charge on any atom is -0.301 e. The first-order valence-corrected chi connectivity index (χ1v) is 8.43. The van der Waals surface area contributed by atoms with Crippen LogP contribution in [0.5, 0.6) is 0 Å². The highest BCUT2D eigenvalue weighted by Gasteiger charge is 2.10. The Morgan fingerprint density at radius 1 is 1.08 bits per heavy atom. The molecular formula is C17H13ClFN3OS. The van der Waals surface area contributed by atoms with Crippen molar-refractivity contribution < 1.29 is 9.18 Å². The molecule has 0 aliphatic heterocycles. The zero-order chi connectivity index (χ0) is 16.9. The zero-order valence-electron chi connectivity index (χ0n) is 12.5. The molecule has 3 rings (SSSR count). The van der Waals surface area contributed by atoms with Gasteiger partial charge in [-0.2, -0.15) is 0 Å². The van der Waals surface area contributed by atoms with Crippen LogP contribution in [0.4, 0.5) is 9.52 Å². The number of carbonyl (C=O) groups excluding carboxylic acids is 1. The molecule has 2 aromatic carbocycles. The van der Waals surface area contributed by atoms with Crippen molar-refractivity contribution in [2.24, 2.45) is 0 Å². The topological polar surface area (TPSA) is 54.9 Å². The van der Waals surface area contributed by atoms with E-state index >= 15 is 0 Å². The lowest BCUT2D eigenvalue weighted by Crippen LogP contribution is -2.12. The number of rotatable bonds is 5. The predicted octanol–water partition coefficient (Wildman–Crippen LogP) is 4.57. The number of nitrogens with one attached hydrogen (secondary N) is 1. The van der Waals surface area contributed by atoms with Gasteiger partial charge in [-0.05, 0) is 36.2 Å². The number of carbonyl (C=O) groups is 1. The van der Waals surface area contributed by atoms with Crippen LogP contribution < -0.4 is 5.32 Å². The molecule has 1 aromatic heterocycles. The maximum absolute atomic E-state index is 12.8. The van der Waals surface area contributed by atoms with E-state index in [1.165, 1.54) is 23.5 Å². The van der Waals surface area contributed by atoms with Crippen LogP contribution in [0, 0.1) is 5.82 Å². The molecule has 122 valence electrons. The van der Waals surface area contributed by atoms with Gasteiger partial charge in [0.05, 0.1) is 0 Å². The van der Waals surface area contributed by atoms with E-state index in [1.807, 2.05) is 12.1 Å². The fourth-order valence-electron chi connectivity index (χ4n) is 2.07. The molecule has 0 bridgehead atoms. The van der Waals surface area contributed by atoms with E-state index in [-0.39, 0.29) is 11.7 Å². The summed E-state index contributed by atoms with van der Waals surface area (Å²) in [6, 6.07) is 13.4. The normalized spacial score (nSPS) is 10.6. The van der Waals surface area contributed by atoms with Gasteiger partial charge in [-0.1, -0.05) is 47.2 Å². The first-order valence-electron chi connectivity index (χ1n) is 7.24. The molecule has 0 atom stereocenters. The van der Waals surface area contributed by atoms with Crippen molar-refractivity contribution in [2.75, 3.05) is 5.32 Å². The molecule has 24 heavy (non-hydrogen) atoms. The Morgan fingerprint density at radius 2 is 1.79 bits per heavy atom. The highest BCUT2D eigenvalue weighted by molar-refractivity contribution is 7.18. The Labute approximate surface area is 147 Å². The highest BCUT2D eigenvalue weighted by Crippen LogP contribution is 2.27. The highest BCUT2D eigenvalue weighted by atomic mass is 35.5. The molecule has 0 saturated heterocycles. The molecule has 0 saturated carbocycles. The minimum absolute atomic E-state index is 0.155. The molecule has 0 aliphatic rings. The van der Waals surface area contributed by atoms with Gasteiger partial charge >= 0.3 is 0 Å². The van der Waals surface area contributed by atoms with E-state index in [0.717, 1.165) is 11.1 Å². The van der Waals surface area contributed by atoms with Crippen LogP contribution in [0.15, 0.2) is 48.5 Å². The fraction of sp³-hybridized carbons (Fsp3) is 0.118. The van der Waals surface area contributed by atoms with Crippen LogP contribution in [0.25, 0.3) is 10.6 Å². The molecule has 0 spiro atoms. The molecule has 1 amide bonds. The summed E-state index contributed by atoms with van der Waals surface area (Å²) >= 11 is 7.15. The van der Waals surface area contributed by atoms with Crippen LogP contribution in [-0.2, 0) is 11.2 Å².